The van der Waals surface area contributed by atoms with E-state index in [2.05, 4.69) is 17.4 Å². The molecular formula is C20H20N2O2. The predicted molar refractivity (Wildman–Crippen MR) is 92.4 cm³/mol. The number of rotatable bonds is 2. The number of hydrogen-bond acceptors (Lipinski definition) is 2. The van der Waals surface area contributed by atoms with Gasteiger partial charge >= 0.3 is 0 Å². The molecule has 4 rings (SSSR count). The van der Waals surface area contributed by atoms with E-state index in [9.17, 15) is 9.59 Å². The van der Waals surface area contributed by atoms with Crippen LogP contribution in [-0.2, 0) is 4.79 Å². The van der Waals surface area contributed by atoms with Gasteiger partial charge in [-0.05, 0) is 29.7 Å². The Bertz CT molecular complexity index is 755. The lowest BCUT2D eigenvalue weighted by molar-refractivity contribution is -0.119. The second kappa shape index (κ2) is 6.11. The van der Waals surface area contributed by atoms with Crippen molar-refractivity contribution >= 4 is 11.8 Å². The minimum absolute atomic E-state index is 0.0624. The van der Waals surface area contributed by atoms with Gasteiger partial charge in [-0.1, -0.05) is 42.5 Å². The first-order valence-electron chi connectivity index (χ1n) is 8.45. The van der Waals surface area contributed by atoms with Crippen LogP contribution >= 0.6 is 0 Å². The summed E-state index contributed by atoms with van der Waals surface area (Å²) < 4.78 is 0. The summed E-state index contributed by atoms with van der Waals surface area (Å²) in [5, 5.41) is 3.00. The monoisotopic (exact) mass is 320 g/mol. The average molecular weight is 320 g/mol. The van der Waals surface area contributed by atoms with Crippen LogP contribution < -0.4 is 5.32 Å². The fourth-order valence-corrected chi connectivity index (χ4v) is 3.74. The quantitative estimate of drug-likeness (QED) is 0.925. The van der Waals surface area contributed by atoms with E-state index in [1.54, 1.807) is 0 Å². The molecule has 2 amide bonds. The van der Waals surface area contributed by atoms with E-state index in [-0.39, 0.29) is 23.8 Å². The lowest BCUT2D eigenvalue weighted by atomic mass is 9.92. The summed E-state index contributed by atoms with van der Waals surface area (Å²) >= 11 is 0. The number of carbonyl (C=O) groups excluding carboxylic acids is 2. The highest BCUT2D eigenvalue weighted by molar-refractivity contribution is 5.95. The fraction of sp³-hybridized carbons (Fsp3) is 0.300. The van der Waals surface area contributed by atoms with E-state index >= 15 is 0 Å². The zero-order chi connectivity index (χ0) is 16.5. The highest BCUT2D eigenvalue weighted by Gasteiger charge is 2.38. The molecule has 2 aliphatic rings. The predicted octanol–water partition coefficient (Wildman–Crippen LogP) is 2.70. The zero-order valence-corrected chi connectivity index (χ0v) is 13.4. The minimum atomic E-state index is 0.0624. The maximum absolute atomic E-state index is 12.7. The molecule has 0 saturated carbocycles. The third-order valence-corrected chi connectivity index (χ3v) is 5.05. The van der Waals surface area contributed by atoms with Crippen LogP contribution in [0.15, 0.2) is 54.6 Å². The van der Waals surface area contributed by atoms with E-state index in [1.165, 1.54) is 0 Å². The van der Waals surface area contributed by atoms with Crippen LogP contribution in [0.3, 0.4) is 0 Å². The van der Waals surface area contributed by atoms with Gasteiger partial charge in [0.1, 0.15) is 0 Å². The lowest BCUT2D eigenvalue weighted by Gasteiger charge is -2.34. The smallest absolute Gasteiger partial charge is 0.253 e. The van der Waals surface area contributed by atoms with Gasteiger partial charge < -0.3 is 10.2 Å². The topological polar surface area (TPSA) is 49.4 Å². The lowest BCUT2D eigenvalue weighted by Crippen LogP contribution is -2.47. The van der Waals surface area contributed by atoms with Gasteiger partial charge in [0.25, 0.3) is 5.91 Å². The van der Waals surface area contributed by atoms with Crippen molar-refractivity contribution in [1.29, 1.82) is 0 Å². The van der Waals surface area contributed by atoms with Crippen LogP contribution in [0.25, 0.3) is 11.1 Å². The number of carbonyl (C=O) groups is 2. The first-order valence-corrected chi connectivity index (χ1v) is 8.45. The van der Waals surface area contributed by atoms with Crippen molar-refractivity contribution in [3.8, 4) is 11.1 Å². The van der Waals surface area contributed by atoms with Crippen LogP contribution in [0.4, 0.5) is 0 Å². The van der Waals surface area contributed by atoms with Crippen LogP contribution in [0.1, 0.15) is 23.2 Å². The van der Waals surface area contributed by atoms with Crippen molar-refractivity contribution in [3.63, 3.8) is 0 Å². The molecule has 0 spiro atoms. The molecular weight excluding hydrogens is 300 g/mol. The minimum Gasteiger partial charge on any atom is -0.353 e. The Balaban J connectivity index is 1.48. The van der Waals surface area contributed by atoms with Crippen molar-refractivity contribution in [1.82, 2.24) is 10.2 Å². The van der Waals surface area contributed by atoms with Crippen LogP contribution in [0.5, 0.6) is 0 Å². The molecule has 2 aromatic carbocycles. The van der Waals surface area contributed by atoms with Gasteiger partial charge in [0.05, 0.1) is 0 Å². The Morgan fingerprint density at radius 2 is 1.71 bits per heavy atom. The average Bonchev–Trinajstić information content (AvgIpc) is 3.01. The maximum atomic E-state index is 12.7. The highest BCUT2D eigenvalue weighted by Crippen LogP contribution is 2.27. The Morgan fingerprint density at radius 1 is 1.00 bits per heavy atom. The third-order valence-electron chi connectivity index (χ3n) is 5.05. The van der Waals surface area contributed by atoms with Crippen molar-refractivity contribution in [3.05, 3.63) is 60.2 Å². The van der Waals surface area contributed by atoms with Gasteiger partial charge in [0, 0.05) is 37.0 Å². The molecule has 2 atom stereocenters. The molecule has 0 aromatic heterocycles. The summed E-state index contributed by atoms with van der Waals surface area (Å²) in [6.45, 7) is 1.38. The molecule has 24 heavy (non-hydrogen) atoms. The molecule has 2 fully saturated rings. The molecule has 2 aromatic rings. The van der Waals surface area contributed by atoms with E-state index in [0.29, 0.717) is 25.1 Å². The van der Waals surface area contributed by atoms with Crippen LogP contribution in [0.2, 0.25) is 0 Å². The molecule has 2 heterocycles. The largest absolute Gasteiger partial charge is 0.353 e. The third kappa shape index (κ3) is 2.80. The van der Waals surface area contributed by atoms with Gasteiger partial charge in [0.15, 0.2) is 0 Å². The maximum Gasteiger partial charge on any atom is 0.253 e. The number of likely N-dealkylation sites (tertiary alicyclic amines) is 1. The Morgan fingerprint density at radius 3 is 2.46 bits per heavy atom. The number of amides is 2. The van der Waals surface area contributed by atoms with Gasteiger partial charge in [-0.15, -0.1) is 0 Å². The Kier molecular flexibility index (Phi) is 3.81. The summed E-state index contributed by atoms with van der Waals surface area (Å²) in [4.78, 5) is 26.1. The normalized spacial score (nSPS) is 22.8. The molecule has 4 nitrogen and oxygen atoms in total. The first-order chi connectivity index (χ1) is 11.7. The van der Waals surface area contributed by atoms with Crippen LogP contribution in [-0.4, -0.2) is 35.8 Å². The molecule has 0 unspecified atom stereocenters. The standard InChI is InChI=1S/C20H20N2O2/c23-19-12-17-13-22(11-10-18(17)21-19)20(24)16-8-6-15(7-9-16)14-4-2-1-3-5-14/h1-9,17-18H,10-13H2,(H,21,23)/t17-,18+/m1/s1. The van der Waals surface area contributed by atoms with Crippen LogP contribution in [0, 0.1) is 5.92 Å². The molecule has 4 heteroatoms. The van der Waals surface area contributed by atoms with Gasteiger partial charge in [-0.2, -0.15) is 0 Å². The van der Waals surface area contributed by atoms with Crippen molar-refractivity contribution in [2.24, 2.45) is 5.92 Å². The number of fused-ring (bicyclic) bond motifs is 1. The molecule has 0 aliphatic carbocycles. The molecule has 0 radical (unpaired) electrons. The number of nitrogens with one attached hydrogen (secondary N) is 1. The SMILES string of the molecule is O=C1C[C@@H]2CN(C(=O)c3ccc(-c4ccccc4)cc3)CC[C@@H]2N1. The van der Waals surface area contributed by atoms with Gasteiger partial charge in [-0.25, -0.2) is 0 Å². The number of hydrogen-bond donors (Lipinski definition) is 1. The zero-order valence-electron chi connectivity index (χ0n) is 13.4. The molecule has 0 bridgehead atoms. The van der Waals surface area contributed by atoms with Gasteiger partial charge in [0.2, 0.25) is 5.91 Å². The van der Waals surface area contributed by atoms with Crippen molar-refractivity contribution in [2.75, 3.05) is 13.1 Å². The number of piperidine rings is 1. The van der Waals surface area contributed by atoms with Crippen molar-refractivity contribution < 1.29 is 9.59 Å². The highest BCUT2D eigenvalue weighted by atomic mass is 16.2. The fourth-order valence-electron chi connectivity index (χ4n) is 3.74. The van der Waals surface area contributed by atoms with E-state index in [4.69, 9.17) is 0 Å². The number of benzene rings is 2. The number of nitrogens with zero attached hydrogens (tertiary/aromatic N) is 1. The molecule has 1 N–H and O–H groups in total. The second-order valence-electron chi connectivity index (χ2n) is 6.62. The summed E-state index contributed by atoms with van der Waals surface area (Å²) in [7, 11) is 0. The molecule has 122 valence electrons. The van der Waals surface area contributed by atoms with E-state index in [0.717, 1.165) is 17.5 Å². The molecule has 2 saturated heterocycles. The summed E-state index contributed by atoms with van der Waals surface area (Å²) in [5.74, 6) is 0.442. The second-order valence-corrected chi connectivity index (χ2v) is 6.62. The Labute approximate surface area is 141 Å². The first kappa shape index (κ1) is 14.9. The van der Waals surface area contributed by atoms with Crippen molar-refractivity contribution in [2.45, 2.75) is 18.9 Å². The van der Waals surface area contributed by atoms with E-state index in [1.807, 2.05) is 47.4 Å². The molecule has 2 aliphatic heterocycles. The Hall–Kier alpha value is -2.62. The van der Waals surface area contributed by atoms with E-state index < -0.39 is 0 Å². The summed E-state index contributed by atoms with van der Waals surface area (Å²) in [6.07, 6.45) is 1.39. The summed E-state index contributed by atoms with van der Waals surface area (Å²) in [6, 6.07) is 18.2. The summed E-state index contributed by atoms with van der Waals surface area (Å²) in [5.41, 5.74) is 2.97. The van der Waals surface area contributed by atoms with Gasteiger partial charge in [-0.3, -0.25) is 9.59 Å².